The van der Waals surface area contributed by atoms with Crippen molar-refractivity contribution in [1.82, 2.24) is 0 Å². The molecule has 2 heteroatoms. The van der Waals surface area contributed by atoms with Gasteiger partial charge in [0, 0.05) is 0 Å². The monoisotopic (exact) mass is 264 g/mol. The Hall–Kier alpha value is -1.02. The molecule has 0 bridgehead atoms. The number of hydrogen-bond donors (Lipinski definition) is 1. The van der Waals surface area contributed by atoms with E-state index in [9.17, 15) is 5.11 Å². The van der Waals surface area contributed by atoms with Gasteiger partial charge in [-0.1, -0.05) is 44.7 Å². The van der Waals surface area contributed by atoms with Crippen LogP contribution in [0.25, 0.3) is 0 Å². The lowest BCUT2D eigenvalue weighted by Crippen LogP contribution is -2.01. The highest BCUT2D eigenvalue weighted by atomic mass is 16.5. The Morgan fingerprint density at radius 1 is 1.05 bits per heavy atom. The maximum atomic E-state index is 9.25. The number of ether oxygens (including phenoxy) is 1. The minimum atomic E-state index is -0.223. The molecule has 0 spiro atoms. The first kappa shape index (κ1) is 16.0. The lowest BCUT2D eigenvalue weighted by Gasteiger charge is -2.08. The normalized spacial score (nSPS) is 12.4. The van der Waals surface area contributed by atoms with Gasteiger partial charge in [-0.05, 0) is 43.9 Å². The highest BCUT2D eigenvalue weighted by Gasteiger charge is 1.99. The van der Waals surface area contributed by atoms with Gasteiger partial charge in [0.1, 0.15) is 5.75 Å². The second-order valence-electron chi connectivity index (χ2n) is 5.29. The van der Waals surface area contributed by atoms with Crippen molar-refractivity contribution in [3.8, 4) is 5.75 Å². The molecule has 1 unspecified atom stereocenters. The average Bonchev–Trinajstić information content (AvgIpc) is 2.41. The van der Waals surface area contributed by atoms with Crippen LogP contribution < -0.4 is 4.74 Å². The molecular formula is C17H28O2. The lowest BCUT2D eigenvalue weighted by molar-refractivity contribution is 0.185. The summed E-state index contributed by atoms with van der Waals surface area (Å²) in [7, 11) is 0. The fourth-order valence-electron chi connectivity index (χ4n) is 2.02. The van der Waals surface area contributed by atoms with Crippen molar-refractivity contribution < 1.29 is 9.84 Å². The van der Waals surface area contributed by atoms with E-state index in [1.807, 2.05) is 19.1 Å². The predicted octanol–water partition coefficient (Wildman–Crippen LogP) is 4.35. The number of unbranched alkanes of at least 4 members (excludes halogenated alkanes) is 4. The third-order valence-electron chi connectivity index (χ3n) is 3.29. The van der Waals surface area contributed by atoms with Gasteiger partial charge in [0.25, 0.3) is 0 Å². The van der Waals surface area contributed by atoms with Crippen molar-refractivity contribution in [3.63, 3.8) is 0 Å². The zero-order chi connectivity index (χ0) is 13.9. The summed E-state index contributed by atoms with van der Waals surface area (Å²) in [5.41, 5.74) is 1.26. The molecule has 0 radical (unpaired) electrons. The van der Waals surface area contributed by atoms with Gasteiger partial charge >= 0.3 is 0 Å². The summed E-state index contributed by atoms with van der Waals surface area (Å²) >= 11 is 0. The Balaban J connectivity index is 2.17. The predicted molar refractivity (Wildman–Crippen MR) is 80.7 cm³/mol. The van der Waals surface area contributed by atoms with Crippen LogP contribution in [0.1, 0.15) is 57.9 Å². The molecule has 0 saturated carbocycles. The topological polar surface area (TPSA) is 29.5 Å². The number of rotatable bonds is 10. The molecule has 0 aliphatic rings. The summed E-state index contributed by atoms with van der Waals surface area (Å²) in [6.45, 7) is 4.88. The van der Waals surface area contributed by atoms with Crippen LogP contribution in [0.3, 0.4) is 0 Å². The van der Waals surface area contributed by atoms with E-state index < -0.39 is 0 Å². The fourth-order valence-corrected chi connectivity index (χ4v) is 2.02. The van der Waals surface area contributed by atoms with Crippen LogP contribution in [0.15, 0.2) is 24.3 Å². The van der Waals surface area contributed by atoms with E-state index in [0.29, 0.717) is 0 Å². The highest BCUT2D eigenvalue weighted by molar-refractivity contribution is 5.27. The minimum Gasteiger partial charge on any atom is -0.494 e. The summed E-state index contributed by atoms with van der Waals surface area (Å²) < 4.78 is 5.72. The Morgan fingerprint density at radius 3 is 2.37 bits per heavy atom. The van der Waals surface area contributed by atoms with Crippen LogP contribution >= 0.6 is 0 Å². The molecule has 0 amide bonds. The number of hydrogen-bond acceptors (Lipinski definition) is 2. The SMILES string of the molecule is CCCCCCCOc1ccc(CCC(C)O)cc1. The van der Waals surface area contributed by atoms with Crippen LogP contribution in [0, 0.1) is 0 Å². The second-order valence-corrected chi connectivity index (χ2v) is 5.29. The molecule has 0 aliphatic carbocycles. The molecule has 19 heavy (non-hydrogen) atoms. The standard InChI is InChI=1S/C17H28O2/c1-3-4-5-6-7-14-19-17-12-10-16(11-13-17)9-8-15(2)18/h10-13,15,18H,3-9,14H2,1-2H3. The summed E-state index contributed by atoms with van der Waals surface area (Å²) in [6, 6.07) is 8.25. The molecule has 0 heterocycles. The van der Waals surface area contributed by atoms with E-state index in [4.69, 9.17) is 4.74 Å². The van der Waals surface area contributed by atoms with Crippen molar-refractivity contribution >= 4 is 0 Å². The van der Waals surface area contributed by atoms with E-state index in [2.05, 4.69) is 19.1 Å². The summed E-state index contributed by atoms with van der Waals surface area (Å²) in [5.74, 6) is 0.955. The van der Waals surface area contributed by atoms with Crippen LogP contribution in [0.5, 0.6) is 5.75 Å². The van der Waals surface area contributed by atoms with Gasteiger partial charge in [0.2, 0.25) is 0 Å². The second kappa shape index (κ2) is 9.85. The van der Waals surface area contributed by atoms with E-state index in [1.54, 1.807) is 0 Å². The zero-order valence-electron chi connectivity index (χ0n) is 12.4. The molecule has 0 fully saturated rings. The van der Waals surface area contributed by atoms with Crippen LogP contribution in [-0.2, 0) is 6.42 Å². The first-order chi connectivity index (χ1) is 9.22. The van der Waals surface area contributed by atoms with Crippen LogP contribution in [-0.4, -0.2) is 17.8 Å². The summed E-state index contributed by atoms with van der Waals surface area (Å²) in [4.78, 5) is 0. The van der Waals surface area contributed by atoms with Crippen molar-refractivity contribution in [3.05, 3.63) is 29.8 Å². The van der Waals surface area contributed by atoms with E-state index >= 15 is 0 Å². The molecule has 0 aromatic heterocycles. The maximum Gasteiger partial charge on any atom is 0.119 e. The van der Waals surface area contributed by atoms with E-state index in [-0.39, 0.29) is 6.10 Å². The Labute approximate surface area is 117 Å². The van der Waals surface area contributed by atoms with Crippen molar-refractivity contribution in [2.45, 2.75) is 64.9 Å². The first-order valence-electron chi connectivity index (χ1n) is 7.62. The maximum absolute atomic E-state index is 9.25. The quantitative estimate of drug-likeness (QED) is 0.637. The third kappa shape index (κ3) is 7.89. The van der Waals surface area contributed by atoms with Gasteiger partial charge < -0.3 is 9.84 Å². The first-order valence-corrected chi connectivity index (χ1v) is 7.62. The molecule has 1 rings (SSSR count). The number of aryl methyl sites for hydroxylation is 1. The minimum absolute atomic E-state index is 0.223. The molecule has 108 valence electrons. The Bertz CT molecular complexity index is 317. The summed E-state index contributed by atoms with van der Waals surface area (Å²) in [5, 5.41) is 9.25. The fraction of sp³-hybridized carbons (Fsp3) is 0.647. The molecule has 0 aliphatic heterocycles. The van der Waals surface area contributed by atoms with Gasteiger partial charge in [-0.25, -0.2) is 0 Å². The number of benzene rings is 1. The summed E-state index contributed by atoms with van der Waals surface area (Å²) in [6.07, 6.45) is 7.86. The zero-order valence-corrected chi connectivity index (χ0v) is 12.4. The van der Waals surface area contributed by atoms with E-state index in [0.717, 1.165) is 31.6 Å². The lowest BCUT2D eigenvalue weighted by atomic mass is 10.1. The Kier molecular flexibility index (Phi) is 8.31. The smallest absolute Gasteiger partial charge is 0.119 e. The molecule has 1 aromatic carbocycles. The molecular weight excluding hydrogens is 236 g/mol. The van der Waals surface area contributed by atoms with Gasteiger partial charge in [-0.2, -0.15) is 0 Å². The highest BCUT2D eigenvalue weighted by Crippen LogP contribution is 2.14. The van der Waals surface area contributed by atoms with Crippen molar-refractivity contribution in [2.75, 3.05) is 6.61 Å². The van der Waals surface area contributed by atoms with E-state index in [1.165, 1.54) is 31.2 Å². The Morgan fingerprint density at radius 2 is 1.74 bits per heavy atom. The molecule has 2 nitrogen and oxygen atoms in total. The van der Waals surface area contributed by atoms with Crippen LogP contribution in [0.2, 0.25) is 0 Å². The van der Waals surface area contributed by atoms with Crippen molar-refractivity contribution in [2.24, 2.45) is 0 Å². The van der Waals surface area contributed by atoms with Gasteiger partial charge in [-0.15, -0.1) is 0 Å². The van der Waals surface area contributed by atoms with Gasteiger partial charge in [-0.3, -0.25) is 0 Å². The van der Waals surface area contributed by atoms with Crippen molar-refractivity contribution in [1.29, 1.82) is 0 Å². The molecule has 0 saturated heterocycles. The van der Waals surface area contributed by atoms with Gasteiger partial charge in [0.05, 0.1) is 12.7 Å². The number of aliphatic hydroxyl groups excluding tert-OH is 1. The molecule has 1 atom stereocenters. The van der Waals surface area contributed by atoms with Gasteiger partial charge in [0.15, 0.2) is 0 Å². The number of aliphatic hydroxyl groups is 1. The molecule has 1 N–H and O–H groups in total. The molecule has 1 aromatic rings. The van der Waals surface area contributed by atoms with Crippen LogP contribution in [0.4, 0.5) is 0 Å². The third-order valence-corrected chi connectivity index (χ3v) is 3.29. The average molecular weight is 264 g/mol. The largest absolute Gasteiger partial charge is 0.494 e.